The van der Waals surface area contributed by atoms with E-state index >= 15 is 0 Å². The van der Waals surface area contributed by atoms with Crippen molar-refractivity contribution in [3.8, 4) is 0 Å². The van der Waals surface area contributed by atoms with E-state index in [4.69, 9.17) is 5.11 Å². The van der Waals surface area contributed by atoms with E-state index in [1.807, 2.05) is 6.07 Å². The molecule has 1 heterocycles. The van der Waals surface area contributed by atoms with Gasteiger partial charge in [0.2, 0.25) is 5.91 Å². The summed E-state index contributed by atoms with van der Waals surface area (Å²) in [6.07, 6.45) is 6.38. The number of fused-ring (bicyclic) bond motifs is 1. The molecule has 3 rings (SSSR count). The van der Waals surface area contributed by atoms with Crippen LogP contribution in [0.3, 0.4) is 0 Å². The van der Waals surface area contributed by atoms with Crippen molar-refractivity contribution in [1.29, 1.82) is 0 Å². The largest absolute Gasteiger partial charge is 0.480 e. The molecule has 1 fully saturated rings. The predicted molar refractivity (Wildman–Crippen MR) is 79.2 cm³/mol. The van der Waals surface area contributed by atoms with Crippen LogP contribution >= 0.6 is 0 Å². The number of likely N-dealkylation sites (tertiary alicyclic amines) is 1. The van der Waals surface area contributed by atoms with Gasteiger partial charge in [-0.15, -0.1) is 0 Å². The van der Waals surface area contributed by atoms with Crippen LogP contribution in [0, 0.1) is 0 Å². The lowest BCUT2D eigenvalue weighted by atomic mass is 9.90. The van der Waals surface area contributed by atoms with Crippen molar-refractivity contribution in [3.63, 3.8) is 0 Å². The van der Waals surface area contributed by atoms with E-state index in [2.05, 4.69) is 12.1 Å². The fraction of sp³-hybridized carbons (Fsp3) is 0.529. The molecular weight excluding hydrogens is 266 g/mol. The fourth-order valence-electron chi connectivity index (χ4n) is 3.49. The highest BCUT2D eigenvalue weighted by molar-refractivity contribution is 5.85. The van der Waals surface area contributed by atoms with E-state index in [0.717, 1.165) is 24.8 Å². The topological polar surface area (TPSA) is 57.6 Å². The minimum absolute atomic E-state index is 0.0596. The summed E-state index contributed by atoms with van der Waals surface area (Å²) in [4.78, 5) is 25.1. The van der Waals surface area contributed by atoms with Gasteiger partial charge in [0.25, 0.3) is 0 Å². The molecule has 1 atom stereocenters. The SMILES string of the molecule is O=C(O)[C@H]1CCCN1C(=O)Cc1ccc2c(c1)CCCC2. The summed E-state index contributed by atoms with van der Waals surface area (Å²) < 4.78 is 0. The van der Waals surface area contributed by atoms with Gasteiger partial charge >= 0.3 is 5.97 Å². The van der Waals surface area contributed by atoms with Crippen molar-refractivity contribution in [2.75, 3.05) is 6.54 Å². The van der Waals surface area contributed by atoms with E-state index in [1.165, 1.54) is 28.9 Å². The quantitative estimate of drug-likeness (QED) is 0.927. The van der Waals surface area contributed by atoms with Crippen LogP contribution in [-0.4, -0.2) is 34.5 Å². The maximum atomic E-state index is 12.4. The van der Waals surface area contributed by atoms with Crippen molar-refractivity contribution < 1.29 is 14.7 Å². The molecule has 0 radical (unpaired) electrons. The molecule has 0 aromatic heterocycles. The average molecular weight is 287 g/mol. The van der Waals surface area contributed by atoms with Gasteiger partial charge in [-0.05, 0) is 55.2 Å². The number of carboxylic acid groups (broad SMARTS) is 1. The number of nitrogens with zero attached hydrogens (tertiary/aromatic N) is 1. The molecule has 0 spiro atoms. The first-order valence-corrected chi connectivity index (χ1v) is 7.78. The minimum Gasteiger partial charge on any atom is -0.480 e. The van der Waals surface area contributed by atoms with Crippen LogP contribution in [0.1, 0.15) is 42.4 Å². The first-order chi connectivity index (χ1) is 10.1. The van der Waals surface area contributed by atoms with Crippen molar-refractivity contribution in [1.82, 2.24) is 4.90 Å². The molecular formula is C17H21NO3. The lowest BCUT2D eigenvalue weighted by Gasteiger charge is -2.22. The number of rotatable bonds is 3. The average Bonchev–Trinajstić information content (AvgIpc) is 2.97. The van der Waals surface area contributed by atoms with E-state index in [0.29, 0.717) is 19.4 Å². The summed E-state index contributed by atoms with van der Waals surface area (Å²) in [6.45, 7) is 0.570. The minimum atomic E-state index is -0.883. The molecule has 0 unspecified atom stereocenters. The van der Waals surface area contributed by atoms with Crippen LogP contribution in [0.5, 0.6) is 0 Å². The summed E-state index contributed by atoms with van der Waals surface area (Å²) in [5.41, 5.74) is 3.78. The van der Waals surface area contributed by atoms with Gasteiger partial charge in [-0.3, -0.25) is 4.79 Å². The first kappa shape index (κ1) is 14.1. The number of carboxylic acids is 1. The zero-order valence-electron chi connectivity index (χ0n) is 12.2. The van der Waals surface area contributed by atoms with Gasteiger partial charge in [-0.2, -0.15) is 0 Å². The van der Waals surface area contributed by atoms with Crippen LogP contribution < -0.4 is 0 Å². The van der Waals surface area contributed by atoms with Gasteiger partial charge in [0.05, 0.1) is 6.42 Å². The number of carbonyl (C=O) groups excluding carboxylic acids is 1. The van der Waals surface area contributed by atoms with Crippen LogP contribution in [0.25, 0.3) is 0 Å². The Hall–Kier alpha value is -1.84. The maximum absolute atomic E-state index is 12.4. The Morgan fingerprint density at radius 2 is 1.90 bits per heavy atom. The molecule has 1 aliphatic carbocycles. The number of aliphatic carboxylic acids is 1. The second-order valence-electron chi connectivity index (χ2n) is 6.07. The molecule has 1 aromatic rings. The van der Waals surface area contributed by atoms with Gasteiger partial charge < -0.3 is 10.0 Å². The Balaban J connectivity index is 1.71. The van der Waals surface area contributed by atoms with Gasteiger partial charge in [0.1, 0.15) is 6.04 Å². The Morgan fingerprint density at radius 1 is 1.14 bits per heavy atom. The number of benzene rings is 1. The number of carbonyl (C=O) groups is 2. The Morgan fingerprint density at radius 3 is 2.67 bits per heavy atom. The van der Waals surface area contributed by atoms with E-state index in [1.54, 1.807) is 0 Å². The zero-order valence-corrected chi connectivity index (χ0v) is 12.2. The molecule has 0 saturated carbocycles. The molecule has 1 aromatic carbocycles. The second-order valence-corrected chi connectivity index (χ2v) is 6.07. The Labute approximate surface area is 124 Å². The molecule has 1 N–H and O–H groups in total. The van der Waals surface area contributed by atoms with Gasteiger partial charge in [0, 0.05) is 6.54 Å². The molecule has 21 heavy (non-hydrogen) atoms. The van der Waals surface area contributed by atoms with Gasteiger partial charge in [-0.1, -0.05) is 18.2 Å². The molecule has 4 heteroatoms. The Bertz CT molecular complexity index is 567. The molecule has 1 amide bonds. The highest BCUT2D eigenvalue weighted by Gasteiger charge is 2.33. The van der Waals surface area contributed by atoms with Crippen molar-refractivity contribution >= 4 is 11.9 Å². The van der Waals surface area contributed by atoms with Gasteiger partial charge in [0.15, 0.2) is 0 Å². The van der Waals surface area contributed by atoms with Crippen molar-refractivity contribution in [3.05, 3.63) is 34.9 Å². The van der Waals surface area contributed by atoms with E-state index < -0.39 is 12.0 Å². The predicted octanol–water partition coefficient (Wildman–Crippen LogP) is 2.18. The summed E-state index contributed by atoms with van der Waals surface area (Å²) in [5, 5.41) is 9.16. The highest BCUT2D eigenvalue weighted by atomic mass is 16.4. The van der Waals surface area contributed by atoms with Crippen LogP contribution in [0.15, 0.2) is 18.2 Å². The summed E-state index contributed by atoms with van der Waals surface area (Å²) in [5.74, 6) is -0.943. The van der Waals surface area contributed by atoms with E-state index in [-0.39, 0.29) is 5.91 Å². The van der Waals surface area contributed by atoms with Crippen LogP contribution in [0.2, 0.25) is 0 Å². The van der Waals surface area contributed by atoms with Crippen LogP contribution in [0.4, 0.5) is 0 Å². The second kappa shape index (κ2) is 5.88. The lowest BCUT2D eigenvalue weighted by Crippen LogP contribution is -2.41. The summed E-state index contributed by atoms with van der Waals surface area (Å²) >= 11 is 0. The molecule has 112 valence electrons. The Kier molecular flexibility index (Phi) is 3.95. The standard InChI is InChI=1S/C17H21NO3/c19-16(18-9-3-6-15(18)17(20)21)11-12-7-8-13-4-1-2-5-14(13)10-12/h7-8,10,15H,1-6,9,11H2,(H,20,21)/t15-/m1/s1. The van der Waals surface area contributed by atoms with E-state index in [9.17, 15) is 9.59 Å². The third-order valence-electron chi connectivity index (χ3n) is 4.63. The lowest BCUT2D eigenvalue weighted by molar-refractivity contribution is -0.148. The van der Waals surface area contributed by atoms with Crippen molar-refractivity contribution in [2.24, 2.45) is 0 Å². The molecule has 0 bridgehead atoms. The molecule has 4 nitrogen and oxygen atoms in total. The number of amides is 1. The monoisotopic (exact) mass is 287 g/mol. The third-order valence-corrected chi connectivity index (χ3v) is 4.63. The number of aryl methyl sites for hydroxylation is 2. The molecule has 1 aliphatic heterocycles. The van der Waals surface area contributed by atoms with Crippen LogP contribution in [-0.2, 0) is 28.9 Å². The maximum Gasteiger partial charge on any atom is 0.326 e. The number of hydrogen-bond donors (Lipinski definition) is 1. The molecule has 2 aliphatic rings. The fourth-order valence-corrected chi connectivity index (χ4v) is 3.49. The zero-order chi connectivity index (χ0) is 14.8. The normalized spacial score (nSPS) is 21.1. The summed E-state index contributed by atoms with van der Waals surface area (Å²) in [7, 11) is 0. The smallest absolute Gasteiger partial charge is 0.326 e. The summed E-state index contributed by atoms with van der Waals surface area (Å²) in [6, 6.07) is 5.66. The third kappa shape index (κ3) is 2.94. The first-order valence-electron chi connectivity index (χ1n) is 7.78. The van der Waals surface area contributed by atoms with Crippen molar-refractivity contribution in [2.45, 2.75) is 51.0 Å². The highest BCUT2D eigenvalue weighted by Crippen LogP contribution is 2.24. The van der Waals surface area contributed by atoms with Gasteiger partial charge in [-0.25, -0.2) is 4.79 Å². The number of hydrogen-bond acceptors (Lipinski definition) is 2. The molecule has 1 saturated heterocycles.